The first kappa shape index (κ1) is 18.4. The smallest absolute Gasteiger partial charge is 0.229 e. The zero-order valence-electron chi connectivity index (χ0n) is 15.2. The first-order valence-corrected chi connectivity index (χ1v) is 10.4. The van der Waals surface area contributed by atoms with E-state index in [1.54, 1.807) is 6.07 Å². The molecule has 3 heterocycles. The van der Waals surface area contributed by atoms with Crippen molar-refractivity contribution in [2.75, 3.05) is 31.1 Å². The lowest BCUT2D eigenvalue weighted by molar-refractivity contribution is -0.131. The third-order valence-electron chi connectivity index (χ3n) is 5.51. The number of nitrogens with zero attached hydrogens (tertiary/aromatic N) is 3. The van der Waals surface area contributed by atoms with E-state index in [0.717, 1.165) is 55.3 Å². The minimum Gasteiger partial charge on any atom is -0.396 e. The molecule has 144 valence electrons. The fourth-order valence-corrected chi connectivity index (χ4v) is 4.90. The van der Waals surface area contributed by atoms with E-state index in [1.165, 1.54) is 23.0 Å². The predicted molar refractivity (Wildman–Crippen MR) is 104 cm³/mol. The summed E-state index contributed by atoms with van der Waals surface area (Å²) in [6.07, 6.45) is 3.66. The van der Waals surface area contributed by atoms with Gasteiger partial charge in [-0.3, -0.25) is 4.79 Å². The van der Waals surface area contributed by atoms with E-state index >= 15 is 0 Å². The second-order valence-corrected chi connectivity index (χ2v) is 8.15. The molecular weight excluding hydrogens is 365 g/mol. The van der Waals surface area contributed by atoms with Crippen LogP contribution in [0, 0.1) is 5.82 Å². The topological polar surface area (TPSA) is 56.7 Å². The lowest BCUT2D eigenvalue weighted by atomic mass is 10.0. The Morgan fingerprint density at radius 2 is 2.11 bits per heavy atom. The number of piperidine rings is 1. The van der Waals surface area contributed by atoms with Crippen LogP contribution in [0.1, 0.15) is 29.1 Å². The summed E-state index contributed by atoms with van der Waals surface area (Å²) in [5.41, 5.74) is 3.10. The molecule has 1 amide bonds. The normalized spacial score (nSPS) is 17.4. The van der Waals surface area contributed by atoms with E-state index < -0.39 is 0 Å². The molecule has 2 aliphatic heterocycles. The standard InChI is InChI=1S/C20H24FN3O2S/c21-15-2-1-14-3-9-24(18(14)11-15)17-4-7-23(8-5-17)20(26)12-19-22-16(6-10-25)13-27-19/h1-2,11,13,17,25H,3-10,12H2. The number of rotatable bonds is 5. The van der Waals surface area contributed by atoms with Crippen molar-refractivity contribution in [3.8, 4) is 0 Å². The molecule has 0 unspecified atom stereocenters. The van der Waals surface area contributed by atoms with Gasteiger partial charge in [-0.15, -0.1) is 11.3 Å². The minimum absolute atomic E-state index is 0.0775. The zero-order chi connectivity index (χ0) is 18.8. The number of likely N-dealkylation sites (tertiary alicyclic amines) is 1. The summed E-state index contributed by atoms with van der Waals surface area (Å²) in [6.45, 7) is 2.48. The molecule has 1 aromatic carbocycles. The maximum Gasteiger partial charge on any atom is 0.229 e. The second-order valence-electron chi connectivity index (χ2n) is 7.21. The van der Waals surface area contributed by atoms with Crippen LogP contribution in [0.15, 0.2) is 23.6 Å². The summed E-state index contributed by atoms with van der Waals surface area (Å²) in [6, 6.07) is 5.44. The maximum atomic E-state index is 13.6. The van der Waals surface area contributed by atoms with Crippen LogP contribution in [-0.2, 0) is 24.1 Å². The molecule has 0 aliphatic carbocycles. The fourth-order valence-electron chi connectivity index (χ4n) is 4.08. The fraction of sp³-hybridized carbons (Fsp3) is 0.500. The summed E-state index contributed by atoms with van der Waals surface area (Å²) in [4.78, 5) is 21.2. The van der Waals surface area contributed by atoms with E-state index in [1.807, 2.05) is 16.3 Å². The van der Waals surface area contributed by atoms with Gasteiger partial charge >= 0.3 is 0 Å². The van der Waals surface area contributed by atoms with E-state index in [0.29, 0.717) is 18.9 Å². The van der Waals surface area contributed by atoms with E-state index in [4.69, 9.17) is 5.11 Å². The Labute approximate surface area is 162 Å². The highest BCUT2D eigenvalue weighted by molar-refractivity contribution is 7.09. The van der Waals surface area contributed by atoms with Crippen LogP contribution < -0.4 is 4.90 Å². The van der Waals surface area contributed by atoms with Crippen LogP contribution >= 0.6 is 11.3 Å². The van der Waals surface area contributed by atoms with Gasteiger partial charge in [0.2, 0.25) is 5.91 Å². The van der Waals surface area contributed by atoms with E-state index in [2.05, 4.69) is 9.88 Å². The SMILES string of the molecule is O=C(Cc1nc(CCO)cs1)N1CCC(N2CCc3ccc(F)cc32)CC1. The van der Waals surface area contributed by atoms with Gasteiger partial charge in [0.15, 0.2) is 0 Å². The Kier molecular flexibility index (Phi) is 5.41. The summed E-state index contributed by atoms with van der Waals surface area (Å²) >= 11 is 1.48. The van der Waals surface area contributed by atoms with Gasteiger partial charge in [0.25, 0.3) is 0 Å². The van der Waals surface area contributed by atoms with Crippen LogP contribution in [0.5, 0.6) is 0 Å². The van der Waals surface area contributed by atoms with Crippen LogP contribution in [0.3, 0.4) is 0 Å². The number of amides is 1. The highest BCUT2D eigenvalue weighted by Gasteiger charge is 2.31. The highest BCUT2D eigenvalue weighted by atomic mass is 32.1. The number of thiazole rings is 1. The summed E-state index contributed by atoms with van der Waals surface area (Å²) < 4.78 is 13.6. The van der Waals surface area contributed by atoms with Gasteiger partial charge in [0, 0.05) is 49.8 Å². The lowest BCUT2D eigenvalue weighted by Gasteiger charge is -2.38. The van der Waals surface area contributed by atoms with Gasteiger partial charge in [-0.05, 0) is 37.0 Å². The number of hydrogen-bond acceptors (Lipinski definition) is 5. The molecule has 5 nitrogen and oxygen atoms in total. The molecule has 0 spiro atoms. The van der Waals surface area contributed by atoms with Crippen LogP contribution in [0.25, 0.3) is 0 Å². The third-order valence-corrected chi connectivity index (χ3v) is 6.40. The monoisotopic (exact) mass is 389 g/mol. The molecule has 0 saturated carbocycles. The number of hydrogen-bond donors (Lipinski definition) is 1. The number of halogens is 1. The van der Waals surface area contributed by atoms with Crippen LogP contribution in [0.2, 0.25) is 0 Å². The Bertz CT molecular complexity index is 817. The maximum absolute atomic E-state index is 13.6. The van der Waals surface area contributed by atoms with Crippen molar-refractivity contribution in [1.29, 1.82) is 0 Å². The van der Waals surface area contributed by atoms with Crippen molar-refractivity contribution in [1.82, 2.24) is 9.88 Å². The van der Waals surface area contributed by atoms with Crippen molar-refractivity contribution in [2.45, 2.75) is 38.1 Å². The summed E-state index contributed by atoms with van der Waals surface area (Å²) in [5.74, 6) is -0.0662. The second kappa shape index (κ2) is 7.94. The quantitative estimate of drug-likeness (QED) is 0.853. The van der Waals surface area contributed by atoms with Crippen LogP contribution in [-0.4, -0.2) is 53.2 Å². The number of aliphatic hydroxyl groups excluding tert-OH is 1. The molecular formula is C20H24FN3O2S. The number of aliphatic hydroxyl groups is 1. The van der Waals surface area contributed by atoms with Crippen molar-refractivity contribution in [3.63, 3.8) is 0 Å². The van der Waals surface area contributed by atoms with Gasteiger partial charge in [-0.25, -0.2) is 9.37 Å². The highest BCUT2D eigenvalue weighted by Crippen LogP contribution is 2.33. The summed E-state index contributed by atoms with van der Waals surface area (Å²) in [5, 5.41) is 11.7. The zero-order valence-corrected chi connectivity index (χ0v) is 16.1. The molecule has 1 N–H and O–H groups in total. The number of benzene rings is 1. The molecule has 1 aromatic heterocycles. The Balaban J connectivity index is 1.33. The van der Waals surface area contributed by atoms with Gasteiger partial charge in [-0.1, -0.05) is 6.07 Å². The molecule has 7 heteroatoms. The molecule has 1 saturated heterocycles. The van der Waals surface area contributed by atoms with Crippen molar-refractivity contribution >= 4 is 22.9 Å². The Morgan fingerprint density at radius 1 is 1.30 bits per heavy atom. The largest absolute Gasteiger partial charge is 0.396 e. The van der Waals surface area contributed by atoms with E-state index in [-0.39, 0.29) is 18.3 Å². The van der Waals surface area contributed by atoms with Crippen LogP contribution in [0.4, 0.5) is 10.1 Å². The average Bonchev–Trinajstić information content (AvgIpc) is 3.28. The number of anilines is 1. The van der Waals surface area contributed by atoms with E-state index in [9.17, 15) is 9.18 Å². The molecule has 0 radical (unpaired) electrons. The Hall–Kier alpha value is -1.99. The van der Waals surface area contributed by atoms with Gasteiger partial charge in [0.1, 0.15) is 10.8 Å². The molecule has 27 heavy (non-hydrogen) atoms. The third kappa shape index (κ3) is 3.99. The van der Waals surface area contributed by atoms with Gasteiger partial charge < -0.3 is 14.9 Å². The molecule has 2 aromatic rings. The lowest BCUT2D eigenvalue weighted by Crippen LogP contribution is -2.46. The van der Waals surface area contributed by atoms with Gasteiger partial charge in [0.05, 0.1) is 12.1 Å². The minimum atomic E-state index is -0.183. The number of fused-ring (bicyclic) bond motifs is 1. The number of aromatic nitrogens is 1. The van der Waals surface area contributed by atoms with Crippen molar-refractivity contribution in [2.24, 2.45) is 0 Å². The van der Waals surface area contributed by atoms with Crippen molar-refractivity contribution < 1.29 is 14.3 Å². The molecule has 4 rings (SSSR count). The summed E-state index contributed by atoms with van der Waals surface area (Å²) in [7, 11) is 0. The first-order chi connectivity index (χ1) is 13.1. The van der Waals surface area contributed by atoms with Crippen molar-refractivity contribution in [3.05, 3.63) is 45.7 Å². The van der Waals surface area contributed by atoms with Gasteiger partial charge in [-0.2, -0.15) is 0 Å². The average molecular weight is 389 g/mol. The molecule has 1 fully saturated rings. The Morgan fingerprint density at radius 3 is 2.89 bits per heavy atom. The number of carbonyl (C=O) groups is 1. The predicted octanol–water partition coefficient (Wildman–Crippen LogP) is 2.41. The number of carbonyl (C=O) groups excluding carboxylic acids is 1. The first-order valence-electron chi connectivity index (χ1n) is 9.51. The molecule has 2 aliphatic rings. The molecule has 0 bridgehead atoms. The molecule has 0 atom stereocenters.